The van der Waals surface area contributed by atoms with Crippen LogP contribution < -0.4 is 5.32 Å². The number of halogens is 1. The molecule has 22 heavy (non-hydrogen) atoms. The second kappa shape index (κ2) is 5.61. The Kier molecular flexibility index (Phi) is 3.64. The van der Waals surface area contributed by atoms with Gasteiger partial charge in [-0.05, 0) is 61.2 Å². The average Bonchev–Trinajstić information content (AvgIpc) is 2.89. The predicted octanol–water partition coefficient (Wildman–Crippen LogP) is 4.00. The van der Waals surface area contributed by atoms with Crippen molar-refractivity contribution in [3.05, 3.63) is 64.5 Å². The third-order valence-corrected chi connectivity index (χ3v) is 4.06. The number of carbonyl (C=O) groups excluding carboxylic acids is 1. The number of anilines is 1. The number of hydrogen-bond donors (Lipinski definition) is 1. The average molecular weight is 294 g/mol. The molecule has 0 amide bonds. The molecule has 0 radical (unpaired) electrons. The minimum Gasteiger partial charge on any atom is -0.377 e. The van der Waals surface area contributed by atoms with Crippen molar-refractivity contribution in [1.29, 1.82) is 5.26 Å². The van der Waals surface area contributed by atoms with E-state index in [1.165, 1.54) is 13.0 Å². The molecule has 0 bridgehead atoms. The first-order valence-corrected chi connectivity index (χ1v) is 7.18. The number of benzene rings is 2. The van der Waals surface area contributed by atoms with Gasteiger partial charge in [0.1, 0.15) is 11.9 Å². The zero-order valence-electron chi connectivity index (χ0n) is 12.2. The number of fused-ring (bicyclic) bond motifs is 1. The fourth-order valence-corrected chi connectivity index (χ4v) is 2.90. The molecule has 0 aliphatic heterocycles. The molecular weight excluding hydrogens is 279 g/mol. The summed E-state index contributed by atoms with van der Waals surface area (Å²) in [5, 5.41) is 12.6. The van der Waals surface area contributed by atoms with Gasteiger partial charge < -0.3 is 5.32 Å². The fourth-order valence-electron chi connectivity index (χ4n) is 2.90. The van der Waals surface area contributed by atoms with Gasteiger partial charge in [0.2, 0.25) is 0 Å². The summed E-state index contributed by atoms with van der Waals surface area (Å²) < 4.78 is 13.3. The maximum atomic E-state index is 13.3. The molecule has 1 atom stereocenters. The Balaban J connectivity index is 1.93. The van der Waals surface area contributed by atoms with Crippen LogP contribution in [0.4, 0.5) is 10.1 Å². The van der Waals surface area contributed by atoms with Crippen LogP contribution in [0.2, 0.25) is 0 Å². The number of carbonyl (C=O) groups is 1. The normalized spacial score (nSPS) is 16.0. The van der Waals surface area contributed by atoms with E-state index < -0.39 is 0 Å². The van der Waals surface area contributed by atoms with Crippen molar-refractivity contribution in [3.8, 4) is 6.07 Å². The van der Waals surface area contributed by atoms with Gasteiger partial charge in [0.25, 0.3) is 0 Å². The number of nitrogens with zero attached hydrogens (tertiary/aromatic N) is 1. The van der Waals surface area contributed by atoms with Crippen molar-refractivity contribution in [2.75, 3.05) is 5.32 Å². The van der Waals surface area contributed by atoms with Crippen molar-refractivity contribution in [2.45, 2.75) is 25.8 Å². The van der Waals surface area contributed by atoms with Crippen LogP contribution in [0.3, 0.4) is 0 Å². The van der Waals surface area contributed by atoms with E-state index >= 15 is 0 Å². The third kappa shape index (κ3) is 2.58. The molecule has 0 saturated carbocycles. The molecule has 4 heteroatoms. The van der Waals surface area contributed by atoms with E-state index in [1.807, 2.05) is 0 Å². The first kappa shape index (κ1) is 14.3. The van der Waals surface area contributed by atoms with Crippen LogP contribution in [0.5, 0.6) is 0 Å². The highest BCUT2D eigenvalue weighted by atomic mass is 19.1. The Morgan fingerprint density at radius 2 is 2.14 bits per heavy atom. The lowest BCUT2D eigenvalue weighted by Gasteiger charge is -2.17. The Morgan fingerprint density at radius 1 is 1.32 bits per heavy atom. The monoisotopic (exact) mass is 294 g/mol. The number of Topliss-reactive ketones (excluding diaryl/α,β-unsaturated/α-hetero) is 1. The highest BCUT2D eigenvalue weighted by Gasteiger charge is 2.23. The Hall–Kier alpha value is -2.67. The molecule has 2 aromatic carbocycles. The van der Waals surface area contributed by atoms with E-state index in [0.717, 1.165) is 24.0 Å². The van der Waals surface area contributed by atoms with E-state index in [0.29, 0.717) is 16.8 Å². The Bertz CT molecular complexity index is 792. The predicted molar refractivity (Wildman–Crippen MR) is 82.2 cm³/mol. The standard InChI is InChI=1S/C18H15FN2O/c1-11(22)12-2-3-14(10-20)18(9-12)21-17-7-4-13-8-15(19)5-6-16(13)17/h2-3,5-6,8-9,17,21H,4,7H2,1H3. The minimum atomic E-state index is -0.226. The summed E-state index contributed by atoms with van der Waals surface area (Å²) in [6.45, 7) is 1.50. The number of nitriles is 1. The number of nitrogens with one attached hydrogen (secondary N) is 1. The molecule has 2 aromatic rings. The van der Waals surface area contributed by atoms with Crippen LogP contribution >= 0.6 is 0 Å². The number of aryl methyl sites for hydroxylation is 1. The van der Waals surface area contributed by atoms with Crippen LogP contribution in [0.25, 0.3) is 0 Å². The molecule has 1 aliphatic carbocycles. The molecule has 1 N–H and O–H groups in total. The van der Waals surface area contributed by atoms with Gasteiger partial charge in [-0.2, -0.15) is 5.26 Å². The second-order valence-electron chi connectivity index (χ2n) is 5.51. The van der Waals surface area contributed by atoms with Gasteiger partial charge >= 0.3 is 0 Å². The summed E-state index contributed by atoms with van der Waals surface area (Å²) in [7, 11) is 0. The molecule has 0 saturated heterocycles. The van der Waals surface area contributed by atoms with E-state index in [-0.39, 0.29) is 17.6 Å². The van der Waals surface area contributed by atoms with E-state index in [2.05, 4.69) is 11.4 Å². The van der Waals surface area contributed by atoms with Crippen molar-refractivity contribution >= 4 is 11.5 Å². The summed E-state index contributed by atoms with van der Waals surface area (Å²) in [5.74, 6) is -0.267. The molecule has 0 fully saturated rings. The topological polar surface area (TPSA) is 52.9 Å². The summed E-state index contributed by atoms with van der Waals surface area (Å²) >= 11 is 0. The van der Waals surface area contributed by atoms with Crippen molar-refractivity contribution in [1.82, 2.24) is 0 Å². The zero-order chi connectivity index (χ0) is 15.7. The largest absolute Gasteiger partial charge is 0.377 e. The summed E-state index contributed by atoms with van der Waals surface area (Å²) in [6, 6.07) is 12.0. The molecular formula is C18H15FN2O. The highest BCUT2D eigenvalue weighted by Crippen LogP contribution is 2.35. The maximum absolute atomic E-state index is 13.3. The first-order valence-electron chi connectivity index (χ1n) is 7.18. The van der Waals surface area contributed by atoms with Crippen LogP contribution in [0.15, 0.2) is 36.4 Å². The Labute approximate surface area is 128 Å². The van der Waals surface area contributed by atoms with Gasteiger partial charge in [-0.15, -0.1) is 0 Å². The number of hydrogen-bond acceptors (Lipinski definition) is 3. The molecule has 3 nitrogen and oxygen atoms in total. The zero-order valence-corrected chi connectivity index (χ0v) is 12.2. The Morgan fingerprint density at radius 3 is 2.86 bits per heavy atom. The number of rotatable bonds is 3. The van der Waals surface area contributed by atoms with Gasteiger partial charge in [-0.1, -0.05) is 6.07 Å². The molecule has 1 unspecified atom stereocenters. The summed E-state index contributed by atoms with van der Waals surface area (Å²) in [4.78, 5) is 11.5. The lowest BCUT2D eigenvalue weighted by molar-refractivity contribution is 0.101. The molecule has 1 aliphatic rings. The lowest BCUT2D eigenvalue weighted by Crippen LogP contribution is -2.09. The fraction of sp³-hybridized carbons (Fsp3) is 0.222. The van der Waals surface area contributed by atoms with Gasteiger partial charge in [-0.25, -0.2) is 4.39 Å². The molecule has 3 rings (SSSR count). The maximum Gasteiger partial charge on any atom is 0.159 e. The van der Waals surface area contributed by atoms with Gasteiger partial charge in [0.05, 0.1) is 17.3 Å². The van der Waals surface area contributed by atoms with E-state index in [1.54, 1.807) is 30.3 Å². The quantitative estimate of drug-likeness (QED) is 0.870. The number of ketones is 1. The molecule has 0 spiro atoms. The van der Waals surface area contributed by atoms with Crippen molar-refractivity contribution < 1.29 is 9.18 Å². The van der Waals surface area contributed by atoms with Crippen molar-refractivity contribution in [3.63, 3.8) is 0 Å². The van der Waals surface area contributed by atoms with Crippen LogP contribution in [0, 0.1) is 17.1 Å². The van der Waals surface area contributed by atoms with Crippen LogP contribution in [-0.2, 0) is 6.42 Å². The van der Waals surface area contributed by atoms with Crippen molar-refractivity contribution in [2.24, 2.45) is 0 Å². The minimum absolute atomic E-state index is 0.0323. The van der Waals surface area contributed by atoms with Gasteiger partial charge in [0.15, 0.2) is 5.78 Å². The molecule has 0 aromatic heterocycles. The van der Waals surface area contributed by atoms with E-state index in [9.17, 15) is 14.4 Å². The second-order valence-corrected chi connectivity index (χ2v) is 5.51. The SMILES string of the molecule is CC(=O)c1ccc(C#N)c(NC2CCc3cc(F)ccc32)c1. The van der Waals surface area contributed by atoms with Gasteiger partial charge in [-0.3, -0.25) is 4.79 Å². The highest BCUT2D eigenvalue weighted by molar-refractivity contribution is 5.95. The molecule has 0 heterocycles. The third-order valence-electron chi connectivity index (χ3n) is 4.06. The van der Waals surface area contributed by atoms with Crippen LogP contribution in [0.1, 0.15) is 46.4 Å². The smallest absolute Gasteiger partial charge is 0.159 e. The van der Waals surface area contributed by atoms with E-state index in [4.69, 9.17) is 0 Å². The lowest BCUT2D eigenvalue weighted by atomic mass is 10.0. The first-order chi connectivity index (χ1) is 10.6. The molecule has 110 valence electrons. The van der Waals surface area contributed by atoms with Gasteiger partial charge in [0, 0.05) is 5.56 Å². The van der Waals surface area contributed by atoms with Crippen LogP contribution in [-0.4, -0.2) is 5.78 Å². The summed E-state index contributed by atoms with van der Waals surface area (Å²) in [6.07, 6.45) is 1.65. The summed E-state index contributed by atoms with van der Waals surface area (Å²) in [5.41, 5.74) is 3.77.